The zero-order valence-corrected chi connectivity index (χ0v) is 9.77. The van der Waals surface area contributed by atoms with Gasteiger partial charge in [-0.2, -0.15) is 13.2 Å². The molecule has 1 saturated heterocycles. The van der Waals surface area contributed by atoms with Crippen molar-refractivity contribution in [3.63, 3.8) is 0 Å². The van der Waals surface area contributed by atoms with Crippen molar-refractivity contribution in [2.45, 2.75) is 31.9 Å². The van der Waals surface area contributed by atoms with Crippen molar-refractivity contribution in [1.29, 1.82) is 0 Å². The molecule has 0 bridgehead atoms. The standard InChI is InChI=1S/C13H16F3N/c1-9-4-2-6-11(13(14,15)16)12(9)10-5-3-7-17-8-10/h2,4,6,10,17H,3,5,7-8H2,1H3. The van der Waals surface area contributed by atoms with E-state index < -0.39 is 11.7 Å². The van der Waals surface area contributed by atoms with E-state index in [1.54, 1.807) is 13.0 Å². The van der Waals surface area contributed by atoms with Gasteiger partial charge in [0.05, 0.1) is 5.56 Å². The van der Waals surface area contributed by atoms with Gasteiger partial charge in [-0.25, -0.2) is 0 Å². The van der Waals surface area contributed by atoms with E-state index in [0.717, 1.165) is 24.9 Å². The number of alkyl halides is 3. The molecule has 1 aliphatic rings. The maximum Gasteiger partial charge on any atom is 0.416 e. The first-order valence-electron chi connectivity index (χ1n) is 5.87. The largest absolute Gasteiger partial charge is 0.416 e. The van der Waals surface area contributed by atoms with Gasteiger partial charge in [0.1, 0.15) is 0 Å². The monoisotopic (exact) mass is 243 g/mol. The quantitative estimate of drug-likeness (QED) is 0.796. The van der Waals surface area contributed by atoms with Gasteiger partial charge in [-0.1, -0.05) is 12.1 Å². The Morgan fingerprint density at radius 1 is 1.29 bits per heavy atom. The lowest BCUT2D eigenvalue weighted by Crippen LogP contribution is -2.30. The minimum Gasteiger partial charge on any atom is -0.316 e. The number of nitrogens with one attached hydrogen (secondary N) is 1. The molecule has 0 spiro atoms. The molecule has 0 radical (unpaired) electrons. The molecule has 0 aromatic heterocycles. The topological polar surface area (TPSA) is 12.0 Å². The third-order valence-electron chi connectivity index (χ3n) is 3.33. The van der Waals surface area contributed by atoms with Crippen LogP contribution < -0.4 is 5.32 Å². The maximum atomic E-state index is 13.0. The first-order valence-corrected chi connectivity index (χ1v) is 5.87. The van der Waals surface area contributed by atoms with Crippen molar-refractivity contribution in [3.05, 3.63) is 34.9 Å². The van der Waals surface area contributed by atoms with Crippen LogP contribution in [0, 0.1) is 6.92 Å². The van der Waals surface area contributed by atoms with Gasteiger partial charge in [0.2, 0.25) is 0 Å². The van der Waals surface area contributed by atoms with Gasteiger partial charge in [-0.05, 0) is 49.4 Å². The smallest absolute Gasteiger partial charge is 0.316 e. The van der Waals surface area contributed by atoms with Gasteiger partial charge in [0.25, 0.3) is 0 Å². The number of hydrogen-bond acceptors (Lipinski definition) is 1. The number of hydrogen-bond donors (Lipinski definition) is 1. The number of aryl methyl sites for hydroxylation is 1. The third-order valence-corrected chi connectivity index (χ3v) is 3.33. The van der Waals surface area contributed by atoms with E-state index in [2.05, 4.69) is 5.32 Å². The Labute approximate surface area is 99.0 Å². The molecular weight excluding hydrogens is 227 g/mol. The molecule has 1 heterocycles. The average molecular weight is 243 g/mol. The molecule has 1 unspecified atom stereocenters. The fourth-order valence-corrected chi connectivity index (χ4v) is 2.57. The lowest BCUT2D eigenvalue weighted by Gasteiger charge is -2.27. The number of rotatable bonds is 1. The van der Waals surface area contributed by atoms with Crippen molar-refractivity contribution < 1.29 is 13.2 Å². The minimum atomic E-state index is -4.25. The van der Waals surface area contributed by atoms with Crippen molar-refractivity contribution in [1.82, 2.24) is 5.32 Å². The van der Waals surface area contributed by atoms with Crippen LogP contribution in [0.2, 0.25) is 0 Å². The van der Waals surface area contributed by atoms with Crippen LogP contribution in [0.25, 0.3) is 0 Å². The Morgan fingerprint density at radius 3 is 2.65 bits per heavy atom. The third kappa shape index (κ3) is 2.63. The van der Waals surface area contributed by atoms with E-state index in [0.29, 0.717) is 12.1 Å². The molecule has 94 valence electrons. The minimum absolute atomic E-state index is 0.0124. The summed E-state index contributed by atoms with van der Waals surface area (Å²) in [7, 11) is 0. The SMILES string of the molecule is Cc1cccc(C(F)(F)F)c1C1CCCNC1. The van der Waals surface area contributed by atoms with Crippen LogP contribution in [0.1, 0.15) is 35.4 Å². The van der Waals surface area contributed by atoms with E-state index in [1.165, 1.54) is 12.1 Å². The Morgan fingerprint density at radius 2 is 2.06 bits per heavy atom. The van der Waals surface area contributed by atoms with Crippen LogP contribution in [0.5, 0.6) is 0 Å². The van der Waals surface area contributed by atoms with E-state index in [1.807, 2.05) is 0 Å². The van der Waals surface area contributed by atoms with Crippen LogP contribution in [-0.4, -0.2) is 13.1 Å². The fourth-order valence-electron chi connectivity index (χ4n) is 2.57. The molecule has 1 aliphatic heterocycles. The van der Waals surface area contributed by atoms with Gasteiger partial charge in [0.15, 0.2) is 0 Å². The predicted molar refractivity (Wildman–Crippen MR) is 61.0 cm³/mol. The molecule has 2 rings (SSSR count). The van der Waals surface area contributed by atoms with Crippen molar-refractivity contribution in [2.24, 2.45) is 0 Å². The highest BCUT2D eigenvalue weighted by atomic mass is 19.4. The molecule has 1 aromatic carbocycles. The molecule has 1 fully saturated rings. The highest BCUT2D eigenvalue weighted by molar-refractivity contribution is 5.39. The molecule has 1 N–H and O–H groups in total. The van der Waals surface area contributed by atoms with E-state index >= 15 is 0 Å². The normalized spacial score (nSPS) is 21.5. The zero-order chi connectivity index (χ0) is 12.5. The molecule has 17 heavy (non-hydrogen) atoms. The average Bonchev–Trinajstić information content (AvgIpc) is 2.28. The number of piperidine rings is 1. The summed E-state index contributed by atoms with van der Waals surface area (Å²) in [4.78, 5) is 0. The summed E-state index contributed by atoms with van der Waals surface area (Å²) in [5.74, 6) is -0.0124. The highest BCUT2D eigenvalue weighted by Gasteiger charge is 2.36. The van der Waals surface area contributed by atoms with E-state index in [-0.39, 0.29) is 5.92 Å². The molecular formula is C13H16F3N. The molecule has 1 atom stereocenters. The molecule has 4 heteroatoms. The molecule has 1 aromatic rings. The summed E-state index contributed by atoms with van der Waals surface area (Å²) in [6.07, 6.45) is -2.48. The Balaban J connectivity index is 2.43. The summed E-state index contributed by atoms with van der Waals surface area (Å²) in [6, 6.07) is 4.44. The van der Waals surface area contributed by atoms with Crippen molar-refractivity contribution in [2.75, 3.05) is 13.1 Å². The van der Waals surface area contributed by atoms with Gasteiger partial charge in [0, 0.05) is 6.54 Å². The second-order valence-electron chi connectivity index (χ2n) is 4.58. The van der Waals surface area contributed by atoms with Gasteiger partial charge < -0.3 is 5.32 Å². The molecule has 0 amide bonds. The lowest BCUT2D eigenvalue weighted by atomic mass is 9.85. The van der Waals surface area contributed by atoms with Crippen molar-refractivity contribution >= 4 is 0 Å². The van der Waals surface area contributed by atoms with Crippen LogP contribution >= 0.6 is 0 Å². The predicted octanol–water partition coefficient (Wildman–Crippen LogP) is 3.48. The van der Waals surface area contributed by atoms with Gasteiger partial charge in [-0.3, -0.25) is 0 Å². The zero-order valence-electron chi connectivity index (χ0n) is 9.77. The Bertz CT molecular complexity index is 392. The van der Waals surface area contributed by atoms with Crippen LogP contribution in [0.4, 0.5) is 13.2 Å². The number of benzene rings is 1. The molecule has 1 nitrogen and oxygen atoms in total. The van der Waals surface area contributed by atoms with Crippen molar-refractivity contribution in [3.8, 4) is 0 Å². The summed E-state index contributed by atoms with van der Waals surface area (Å²) in [5, 5.41) is 3.17. The second kappa shape index (κ2) is 4.69. The Hall–Kier alpha value is -1.03. The fraction of sp³-hybridized carbons (Fsp3) is 0.538. The summed E-state index contributed by atoms with van der Waals surface area (Å²) < 4.78 is 38.9. The summed E-state index contributed by atoms with van der Waals surface area (Å²) >= 11 is 0. The first-order chi connectivity index (χ1) is 8.00. The van der Waals surface area contributed by atoms with E-state index in [9.17, 15) is 13.2 Å². The molecule has 0 aliphatic carbocycles. The lowest BCUT2D eigenvalue weighted by molar-refractivity contribution is -0.138. The van der Waals surface area contributed by atoms with Crippen LogP contribution in [-0.2, 0) is 6.18 Å². The first kappa shape index (κ1) is 12.4. The van der Waals surface area contributed by atoms with E-state index in [4.69, 9.17) is 0 Å². The summed E-state index contributed by atoms with van der Waals surface area (Å²) in [6.45, 7) is 3.32. The highest BCUT2D eigenvalue weighted by Crippen LogP contribution is 2.38. The van der Waals surface area contributed by atoms with Gasteiger partial charge >= 0.3 is 6.18 Å². The maximum absolute atomic E-state index is 13.0. The van der Waals surface area contributed by atoms with Gasteiger partial charge in [-0.15, -0.1) is 0 Å². The number of halogens is 3. The summed E-state index contributed by atoms with van der Waals surface area (Å²) in [5.41, 5.74) is 0.756. The van der Waals surface area contributed by atoms with Crippen LogP contribution in [0.3, 0.4) is 0 Å². The second-order valence-corrected chi connectivity index (χ2v) is 4.58. The Kier molecular flexibility index (Phi) is 3.43. The molecule has 0 saturated carbocycles. The van der Waals surface area contributed by atoms with Crippen LogP contribution in [0.15, 0.2) is 18.2 Å².